The molecule has 1 heterocycles. The highest BCUT2D eigenvalue weighted by Gasteiger charge is 2.05. The SMILES string of the molecule is COc1cccc(Oc2ccc(CNC(=O)CCC(C)N)cn2)c1. The van der Waals surface area contributed by atoms with Gasteiger partial charge in [0.05, 0.1) is 7.11 Å². The molecule has 24 heavy (non-hydrogen) atoms. The number of aromatic nitrogens is 1. The number of hydrogen-bond donors (Lipinski definition) is 2. The standard InChI is InChI=1S/C18H23N3O3/c1-13(19)6-8-17(22)20-11-14-7-9-18(21-12-14)24-16-5-3-4-15(10-16)23-2/h3-5,7,9-10,12-13H,6,8,11,19H2,1-2H3,(H,20,22). The molecule has 0 saturated heterocycles. The summed E-state index contributed by atoms with van der Waals surface area (Å²) in [5, 5.41) is 2.85. The Kier molecular flexibility index (Phi) is 6.57. The molecule has 0 radical (unpaired) electrons. The van der Waals surface area contributed by atoms with Gasteiger partial charge in [-0.3, -0.25) is 4.79 Å². The molecule has 1 unspecified atom stereocenters. The molecule has 0 bridgehead atoms. The third-order valence-electron chi connectivity index (χ3n) is 3.38. The van der Waals surface area contributed by atoms with E-state index in [1.54, 1.807) is 25.4 Å². The van der Waals surface area contributed by atoms with Crippen molar-refractivity contribution in [2.24, 2.45) is 5.73 Å². The number of rotatable bonds is 8. The number of nitrogens with one attached hydrogen (secondary N) is 1. The Morgan fingerprint density at radius 1 is 1.29 bits per heavy atom. The number of methoxy groups -OCH3 is 1. The van der Waals surface area contributed by atoms with E-state index in [0.717, 1.165) is 11.3 Å². The summed E-state index contributed by atoms with van der Waals surface area (Å²) < 4.78 is 10.8. The molecular formula is C18H23N3O3. The zero-order valence-corrected chi connectivity index (χ0v) is 14.0. The van der Waals surface area contributed by atoms with Crippen molar-refractivity contribution in [1.82, 2.24) is 10.3 Å². The minimum atomic E-state index is -0.0102. The average Bonchev–Trinajstić information content (AvgIpc) is 2.59. The second kappa shape index (κ2) is 8.88. The fourth-order valence-electron chi connectivity index (χ4n) is 2.01. The molecule has 1 amide bonds. The number of ether oxygens (including phenoxy) is 2. The van der Waals surface area contributed by atoms with E-state index in [4.69, 9.17) is 15.2 Å². The van der Waals surface area contributed by atoms with Crippen LogP contribution in [0.5, 0.6) is 17.4 Å². The highest BCUT2D eigenvalue weighted by Crippen LogP contribution is 2.23. The minimum Gasteiger partial charge on any atom is -0.497 e. The minimum absolute atomic E-state index is 0.0102. The van der Waals surface area contributed by atoms with Gasteiger partial charge in [-0.1, -0.05) is 12.1 Å². The largest absolute Gasteiger partial charge is 0.497 e. The zero-order valence-electron chi connectivity index (χ0n) is 14.0. The van der Waals surface area contributed by atoms with Crippen LogP contribution in [0.25, 0.3) is 0 Å². The Bertz CT molecular complexity index is 657. The van der Waals surface area contributed by atoms with Gasteiger partial charge in [-0.2, -0.15) is 0 Å². The Morgan fingerprint density at radius 2 is 2.08 bits per heavy atom. The fourth-order valence-corrected chi connectivity index (χ4v) is 2.01. The molecule has 2 aromatic rings. The van der Waals surface area contributed by atoms with Gasteiger partial charge in [-0.05, 0) is 31.0 Å². The van der Waals surface area contributed by atoms with Crippen molar-refractivity contribution in [3.63, 3.8) is 0 Å². The van der Waals surface area contributed by atoms with Crippen LogP contribution >= 0.6 is 0 Å². The molecule has 6 nitrogen and oxygen atoms in total. The monoisotopic (exact) mass is 329 g/mol. The van der Waals surface area contributed by atoms with Crippen LogP contribution in [0.3, 0.4) is 0 Å². The van der Waals surface area contributed by atoms with Crippen molar-refractivity contribution in [2.45, 2.75) is 32.4 Å². The molecule has 6 heteroatoms. The normalized spacial score (nSPS) is 11.6. The van der Waals surface area contributed by atoms with Crippen LogP contribution < -0.4 is 20.5 Å². The van der Waals surface area contributed by atoms with E-state index in [2.05, 4.69) is 10.3 Å². The lowest BCUT2D eigenvalue weighted by atomic mass is 10.2. The maximum atomic E-state index is 11.7. The molecule has 0 aliphatic rings. The number of nitrogens with zero attached hydrogens (tertiary/aromatic N) is 1. The summed E-state index contributed by atoms with van der Waals surface area (Å²) in [6.07, 6.45) is 2.79. The second-order valence-electron chi connectivity index (χ2n) is 5.58. The summed E-state index contributed by atoms with van der Waals surface area (Å²) in [4.78, 5) is 15.9. The number of amides is 1. The van der Waals surface area contributed by atoms with Crippen molar-refractivity contribution in [1.29, 1.82) is 0 Å². The number of pyridine rings is 1. The summed E-state index contributed by atoms with van der Waals surface area (Å²) in [5.74, 6) is 1.84. The lowest BCUT2D eigenvalue weighted by Gasteiger charge is -2.08. The van der Waals surface area contributed by atoms with Crippen LogP contribution in [0, 0.1) is 0 Å². The third kappa shape index (κ3) is 5.89. The van der Waals surface area contributed by atoms with Gasteiger partial charge in [0, 0.05) is 37.3 Å². The van der Waals surface area contributed by atoms with Crippen molar-refractivity contribution >= 4 is 5.91 Å². The molecule has 3 N–H and O–H groups in total. The second-order valence-corrected chi connectivity index (χ2v) is 5.58. The van der Waals surface area contributed by atoms with E-state index < -0.39 is 0 Å². The number of hydrogen-bond acceptors (Lipinski definition) is 5. The van der Waals surface area contributed by atoms with Gasteiger partial charge in [0.25, 0.3) is 0 Å². The first kappa shape index (κ1) is 17.7. The molecule has 1 atom stereocenters. The average molecular weight is 329 g/mol. The first-order valence-electron chi connectivity index (χ1n) is 7.86. The highest BCUT2D eigenvalue weighted by molar-refractivity contribution is 5.75. The van der Waals surface area contributed by atoms with Crippen molar-refractivity contribution in [3.8, 4) is 17.4 Å². The van der Waals surface area contributed by atoms with E-state index >= 15 is 0 Å². The lowest BCUT2D eigenvalue weighted by molar-refractivity contribution is -0.121. The quantitative estimate of drug-likeness (QED) is 0.777. The van der Waals surface area contributed by atoms with Crippen LogP contribution in [0.1, 0.15) is 25.3 Å². The van der Waals surface area contributed by atoms with Crippen molar-refractivity contribution in [2.75, 3.05) is 7.11 Å². The van der Waals surface area contributed by atoms with E-state index in [1.807, 2.05) is 31.2 Å². The smallest absolute Gasteiger partial charge is 0.220 e. The summed E-state index contributed by atoms with van der Waals surface area (Å²) in [5.41, 5.74) is 6.54. The first-order valence-corrected chi connectivity index (χ1v) is 7.86. The predicted octanol–water partition coefficient (Wildman–Crippen LogP) is 2.63. The molecular weight excluding hydrogens is 306 g/mol. The zero-order chi connectivity index (χ0) is 17.4. The Labute approximate surface area is 142 Å². The highest BCUT2D eigenvalue weighted by atomic mass is 16.5. The molecule has 128 valence electrons. The van der Waals surface area contributed by atoms with Gasteiger partial charge in [0.15, 0.2) is 0 Å². The van der Waals surface area contributed by atoms with Gasteiger partial charge < -0.3 is 20.5 Å². The van der Waals surface area contributed by atoms with Crippen LogP contribution in [-0.2, 0) is 11.3 Å². The van der Waals surface area contributed by atoms with Crippen LogP contribution in [0.2, 0.25) is 0 Å². The lowest BCUT2D eigenvalue weighted by Crippen LogP contribution is -2.25. The van der Waals surface area contributed by atoms with Crippen LogP contribution in [-0.4, -0.2) is 24.0 Å². The third-order valence-corrected chi connectivity index (χ3v) is 3.38. The van der Waals surface area contributed by atoms with Crippen LogP contribution in [0.4, 0.5) is 0 Å². The predicted molar refractivity (Wildman–Crippen MR) is 92.0 cm³/mol. The Hall–Kier alpha value is -2.60. The molecule has 0 saturated carbocycles. The van der Waals surface area contributed by atoms with Crippen molar-refractivity contribution < 1.29 is 14.3 Å². The fraction of sp³-hybridized carbons (Fsp3) is 0.333. The maximum Gasteiger partial charge on any atom is 0.220 e. The van der Waals surface area contributed by atoms with Crippen molar-refractivity contribution in [3.05, 3.63) is 48.2 Å². The van der Waals surface area contributed by atoms with E-state index in [9.17, 15) is 4.79 Å². The molecule has 0 spiro atoms. The number of carbonyl (C=O) groups excluding carboxylic acids is 1. The molecule has 0 fully saturated rings. The van der Waals surface area contributed by atoms with E-state index in [1.165, 1.54) is 0 Å². The number of benzene rings is 1. The molecule has 1 aromatic heterocycles. The first-order chi connectivity index (χ1) is 11.6. The topological polar surface area (TPSA) is 86.5 Å². The van der Waals surface area contributed by atoms with E-state index in [0.29, 0.717) is 31.0 Å². The molecule has 2 rings (SSSR count). The maximum absolute atomic E-state index is 11.7. The Morgan fingerprint density at radius 3 is 2.75 bits per heavy atom. The number of nitrogens with two attached hydrogens (primary N) is 1. The summed E-state index contributed by atoms with van der Waals surface area (Å²) >= 11 is 0. The summed E-state index contributed by atoms with van der Waals surface area (Å²) in [6.45, 7) is 2.32. The molecule has 0 aliphatic heterocycles. The van der Waals surface area contributed by atoms with Crippen LogP contribution in [0.15, 0.2) is 42.6 Å². The Balaban J connectivity index is 1.85. The molecule has 0 aliphatic carbocycles. The summed E-state index contributed by atoms with van der Waals surface area (Å²) in [7, 11) is 1.61. The van der Waals surface area contributed by atoms with Gasteiger partial charge in [0.2, 0.25) is 11.8 Å². The van der Waals surface area contributed by atoms with E-state index in [-0.39, 0.29) is 11.9 Å². The van der Waals surface area contributed by atoms with Gasteiger partial charge >= 0.3 is 0 Å². The van der Waals surface area contributed by atoms with Gasteiger partial charge in [-0.15, -0.1) is 0 Å². The van der Waals surface area contributed by atoms with Gasteiger partial charge in [-0.25, -0.2) is 4.98 Å². The summed E-state index contributed by atoms with van der Waals surface area (Å²) in [6, 6.07) is 11.0. The number of carbonyl (C=O) groups is 1. The molecule has 1 aromatic carbocycles. The van der Waals surface area contributed by atoms with Gasteiger partial charge in [0.1, 0.15) is 11.5 Å².